The minimum Gasteiger partial charge on any atom is -0.468 e. The smallest absolute Gasteiger partial charge is 0.316 e. The van der Waals surface area contributed by atoms with E-state index in [-0.39, 0.29) is 29.7 Å². The van der Waals surface area contributed by atoms with Crippen molar-refractivity contribution in [2.45, 2.75) is 62.3 Å². The van der Waals surface area contributed by atoms with Gasteiger partial charge in [-0.3, -0.25) is 9.59 Å². The Morgan fingerprint density at radius 1 is 0.864 bits per heavy atom. The third-order valence-corrected chi connectivity index (χ3v) is 9.91. The van der Waals surface area contributed by atoms with Crippen molar-refractivity contribution < 1.29 is 18.7 Å². The number of benzene rings is 3. The molecule has 3 aromatic carbocycles. The lowest BCUT2D eigenvalue weighted by atomic mass is 9.71. The number of amides is 1. The second kappa shape index (κ2) is 14.0. The number of carbonyl (C=O) groups is 2. The van der Waals surface area contributed by atoms with Crippen LogP contribution in [0.2, 0.25) is 0 Å². The molecule has 6 rings (SSSR count). The van der Waals surface area contributed by atoms with Gasteiger partial charge in [-0.15, -0.1) is 0 Å². The molecular formula is C37H46FN3O3. The Morgan fingerprint density at radius 3 is 2.00 bits per heavy atom. The molecule has 2 heterocycles. The van der Waals surface area contributed by atoms with E-state index in [2.05, 4.69) is 21.9 Å². The average Bonchev–Trinajstić information content (AvgIpc) is 3.80. The van der Waals surface area contributed by atoms with Crippen LogP contribution < -0.4 is 5.73 Å². The first-order valence-electron chi connectivity index (χ1n) is 16.0. The zero-order valence-corrected chi connectivity index (χ0v) is 26.1. The first kappa shape index (κ1) is 31.9. The zero-order valence-electron chi connectivity index (χ0n) is 26.1. The number of ether oxygens (including phenoxy) is 1. The number of nitrogens with zero attached hydrogens (tertiary/aromatic N) is 2. The third kappa shape index (κ3) is 6.74. The van der Waals surface area contributed by atoms with E-state index in [1.165, 1.54) is 31.2 Å². The highest BCUT2D eigenvalue weighted by Gasteiger charge is 2.62. The molecule has 3 aromatic rings. The van der Waals surface area contributed by atoms with Gasteiger partial charge in [-0.2, -0.15) is 0 Å². The van der Waals surface area contributed by atoms with Gasteiger partial charge in [0.05, 0.1) is 17.9 Å². The maximum atomic E-state index is 13.9. The van der Waals surface area contributed by atoms with Crippen LogP contribution in [0.25, 0.3) is 0 Å². The SMILES string of the molecule is COC(=O)C1(c2ccc(F)cc2)CC1CN1CCC(C(=O)N2CCCCC2)(c2ccccc2)CC1.C[C@H](N)c1ccccc1. The highest BCUT2D eigenvalue weighted by molar-refractivity contribution is 5.89. The summed E-state index contributed by atoms with van der Waals surface area (Å²) in [5.74, 6) is -0.144. The standard InChI is InChI=1S/C29H35FN2O3.C8H11N/c1-35-27(34)29(23-10-12-25(30)13-11-23)20-24(29)21-31-18-14-28(15-19-31,22-8-4-2-5-9-22)26(33)32-16-6-3-7-17-32;1-7(9)8-5-3-2-4-6-8/h2,4-5,8-13,24H,3,6-7,14-21H2,1H3;2-7H,9H2,1H3/t;7-/m.0/s1. The first-order chi connectivity index (χ1) is 21.3. The molecule has 0 bridgehead atoms. The molecule has 234 valence electrons. The van der Waals surface area contributed by atoms with Crippen molar-refractivity contribution in [3.8, 4) is 0 Å². The van der Waals surface area contributed by atoms with Crippen molar-refractivity contribution in [2.24, 2.45) is 11.7 Å². The Balaban J connectivity index is 0.000000367. The van der Waals surface area contributed by atoms with Crippen LogP contribution in [0.1, 0.15) is 68.2 Å². The molecule has 44 heavy (non-hydrogen) atoms. The number of carbonyl (C=O) groups excluding carboxylic acids is 2. The van der Waals surface area contributed by atoms with Gasteiger partial charge in [0.25, 0.3) is 0 Å². The predicted octanol–water partition coefficient (Wildman–Crippen LogP) is 6.01. The van der Waals surface area contributed by atoms with Gasteiger partial charge in [-0.05, 0) is 93.3 Å². The maximum Gasteiger partial charge on any atom is 0.316 e. The summed E-state index contributed by atoms with van der Waals surface area (Å²) in [5.41, 5.74) is 7.58. The van der Waals surface area contributed by atoms with Crippen LogP contribution in [0.15, 0.2) is 84.9 Å². The van der Waals surface area contributed by atoms with Crippen LogP contribution in [0.4, 0.5) is 4.39 Å². The Hall–Kier alpha value is -3.55. The molecule has 2 saturated heterocycles. The van der Waals surface area contributed by atoms with Crippen molar-refractivity contribution in [3.63, 3.8) is 0 Å². The van der Waals surface area contributed by atoms with Crippen LogP contribution in [0.3, 0.4) is 0 Å². The van der Waals surface area contributed by atoms with E-state index in [0.29, 0.717) is 6.42 Å². The van der Waals surface area contributed by atoms with Gasteiger partial charge in [0.2, 0.25) is 5.91 Å². The number of halogens is 1. The second-order valence-electron chi connectivity index (χ2n) is 12.7. The van der Waals surface area contributed by atoms with E-state index in [1.54, 1.807) is 12.1 Å². The van der Waals surface area contributed by atoms with E-state index in [0.717, 1.165) is 69.5 Å². The van der Waals surface area contributed by atoms with Gasteiger partial charge >= 0.3 is 5.97 Å². The van der Waals surface area contributed by atoms with Crippen molar-refractivity contribution in [1.29, 1.82) is 0 Å². The van der Waals surface area contributed by atoms with E-state index in [9.17, 15) is 14.0 Å². The minimum atomic E-state index is -0.694. The fourth-order valence-electron chi connectivity index (χ4n) is 7.17. The van der Waals surface area contributed by atoms with Crippen molar-refractivity contribution in [3.05, 3.63) is 107 Å². The predicted molar refractivity (Wildman–Crippen MR) is 171 cm³/mol. The summed E-state index contributed by atoms with van der Waals surface area (Å²) in [6.45, 7) is 6.10. The normalized spacial score (nSPS) is 23.5. The molecule has 3 aliphatic rings. The van der Waals surface area contributed by atoms with E-state index >= 15 is 0 Å². The van der Waals surface area contributed by atoms with Gasteiger partial charge in [0, 0.05) is 25.7 Å². The first-order valence-corrected chi connectivity index (χ1v) is 16.0. The van der Waals surface area contributed by atoms with Gasteiger partial charge in [-0.25, -0.2) is 4.39 Å². The summed E-state index contributed by atoms with van der Waals surface area (Å²) in [4.78, 5) is 31.2. The molecule has 2 N–H and O–H groups in total. The fourth-order valence-corrected chi connectivity index (χ4v) is 7.17. The molecule has 2 aliphatic heterocycles. The molecule has 3 fully saturated rings. The van der Waals surface area contributed by atoms with Crippen molar-refractivity contribution in [1.82, 2.24) is 9.80 Å². The van der Waals surface area contributed by atoms with Gasteiger partial charge in [0.15, 0.2) is 0 Å². The van der Waals surface area contributed by atoms with E-state index < -0.39 is 10.8 Å². The highest BCUT2D eigenvalue weighted by atomic mass is 19.1. The highest BCUT2D eigenvalue weighted by Crippen LogP contribution is 2.56. The number of esters is 1. The molecular weight excluding hydrogens is 553 g/mol. The number of nitrogens with two attached hydrogens (primary N) is 1. The van der Waals surface area contributed by atoms with Crippen LogP contribution in [-0.2, 0) is 25.2 Å². The topological polar surface area (TPSA) is 75.9 Å². The molecule has 0 aromatic heterocycles. The Bertz CT molecular complexity index is 1370. The molecule has 6 nitrogen and oxygen atoms in total. The summed E-state index contributed by atoms with van der Waals surface area (Å²) in [6, 6.07) is 26.7. The number of rotatable bonds is 7. The number of methoxy groups -OCH3 is 1. The third-order valence-electron chi connectivity index (χ3n) is 9.91. The van der Waals surface area contributed by atoms with Crippen LogP contribution in [0, 0.1) is 11.7 Å². The number of likely N-dealkylation sites (tertiary alicyclic amines) is 2. The number of hydrogen-bond donors (Lipinski definition) is 1. The Kier molecular flexibility index (Phi) is 10.2. The minimum absolute atomic E-state index is 0.127. The maximum absolute atomic E-state index is 13.9. The Morgan fingerprint density at radius 2 is 1.45 bits per heavy atom. The summed E-state index contributed by atoms with van der Waals surface area (Å²) in [7, 11) is 1.42. The average molecular weight is 600 g/mol. The number of hydrogen-bond acceptors (Lipinski definition) is 5. The summed E-state index contributed by atoms with van der Waals surface area (Å²) >= 11 is 0. The molecule has 7 heteroatoms. The largest absolute Gasteiger partial charge is 0.468 e. The lowest BCUT2D eigenvalue weighted by molar-refractivity contribution is -0.144. The monoisotopic (exact) mass is 599 g/mol. The summed E-state index contributed by atoms with van der Waals surface area (Å²) in [5, 5.41) is 0. The van der Waals surface area contributed by atoms with Gasteiger partial charge in [0.1, 0.15) is 5.82 Å². The molecule has 1 amide bonds. The van der Waals surface area contributed by atoms with E-state index in [4.69, 9.17) is 10.5 Å². The molecule has 2 unspecified atom stereocenters. The van der Waals surface area contributed by atoms with E-state index in [1.807, 2.05) is 55.5 Å². The Labute approximate surface area is 261 Å². The van der Waals surface area contributed by atoms with Crippen LogP contribution in [0.5, 0.6) is 0 Å². The molecule has 3 atom stereocenters. The number of piperidine rings is 2. The molecule has 0 radical (unpaired) electrons. The lowest BCUT2D eigenvalue weighted by Gasteiger charge is -2.44. The van der Waals surface area contributed by atoms with Gasteiger partial charge in [-0.1, -0.05) is 72.8 Å². The zero-order chi connectivity index (χ0) is 31.2. The second-order valence-corrected chi connectivity index (χ2v) is 12.7. The molecule has 1 aliphatic carbocycles. The molecule has 0 spiro atoms. The summed E-state index contributed by atoms with van der Waals surface area (Å²) in [6.07, 6.45) is 5.64. The summed E-state index contributed by atoms with van der Waals surface area (Å²) < 4.78 is 18.7. The van der Waals surface area contributed by atoms with Crippen molar-refractivity contribution >= 4 is 11.9 Å². The fraction of sp³-hybridized carbons (Fsp3) is 0.459. The molecule has 1 saturated carbocycles. The quantitative estimate of drug-likeness (QED) is 0.337. The van der Waals surface area contributed by atoms with Gasteiger partial charge < -0.3 is 20.3 Å². The van der Waals surface area contributed by atoms with Crippen molar-refractivity contribution in [2.75, 3.05) is 39.8 Å². The van der Waals surface area contributed by atoms with Crippen LogP contribution >= 0.6 is 0 Å². The lowest BCUT2D eigenvalue weighted by Crippen LogP contribution is -2.54. The van der Waals surface area contributed by atoms with Crippen LogP contribution in [-0.4, -0.2) is 61.5 Å².